The molecule has 7 heteroatoms. The van der Waals surface area contributed by atoms with E-state index in [1.807, 2.05) is 42.5 Å². The highest BCUT2D eigenvalue weighted by molar-refractivity contribution is 5.86. The summed E-state index contributed by atoms with van der Waals surface area (Å²) >= 11 is 0. The van der Waals surface area contributed by atoms with E-state index >= 15 is 0 Å². The molecule has 2 aromatic carbocycles. The summed E-state index contributed by atoms with van der Waals surface area (Å²) < 4.78 is 39.5. The second kappa shape index (κ2) is 6.23. The summed E-state index contributed by atoms with van der Waals surface area (Å²) in [4.78, 5) is 12.3. The van der Waals surface area contributed by atoms with E-state index in [4.69, 9.17) is 0 Å². The second-order valence-electron chi connectivity index (χ2n) is 5.77. The summed E-state index contributed by atoms with van der Waals surface area (Å²) in [6.07, 6.45) is -4.59. The molecular formula is C18H16F3N3O. The molecule has 0 aliphatic rings. The lowest BCUT2D eigenvalue weighted by Crippen LogP contribution is -2.30. The quantitative estimate of drug-likeness (QED) is 0.745. The first kappa shape index (κ1) is 17.0. The molecule has 1 heterocycles. The van der Waals surface area contributed by atoms with Gasteiger partial charge in [-0.25, -0.2) is 4.79 Å². The van der Waals surface area contributed by atoms with Crippen LogP contribution in [0.15, 0.2) is 42.5 Å². The highest BCUT2D eigenvalue weighted by atomic mass is 19.4. The molecule has 0 unspecified atom stereocenters. The molecule has 0 radical (unpaired) electrons. The molecule has 1 amide bonds. The monoisotopic (exact) mass is 347 g/mol. The van der Waals surface area contributed by atoms with Crippen molar-refractivity contribution < 1.29 is 18.0 Å². The van der Waals surface area contributed by atoms with E-state index in [0.29, 0.717) is 0 Å². The molecule has 1 N–H and O–H groups in total. The topological polar surface area (TPSA) is 46.9 Å². The van der Waals surface area contributed by atoms with Gasteiger partial charge < -0.3 is 5.32 Å². The van der Waals surface area contributed by atoms with Crippen LogP contribution in [0.1, 0.15) is 22.5 Å². The van der Waals surface area contributed by atoms with Crippen molar-refractivity contribution in [3.63, 3.8) is 0 Å². The Labute approximate surface area is 142 Å². The van der Waals surface area contributed by atoms with E-state index in [2.05, 4.69) is 10.4 Å². The minimum atomic E-state index is -4.59. The van der Waals surface area contributed by atoms with E-state index in [0.717, 1.165) is 21.0 Å². The Kier molecular flexibility index (Phi) is 4.24. The Morgan fingerprint density at radius 2 is 1.80 bits per heavy atom. The first-order valence-corrected chi connectivity index (χ1v) is 7.67. The average Bonchev–Trinajstić information content (AvgIpc) is 2.88. The normalized spacial score (nSPS) is 11.7. The van der Waals surface area contributed by atoms with Gasteiger partial charge in [-0.15, -0.1) is 0 Å². The van der Waals surface area contributed by atoms with Crippen molar-refractivity contribution in [1.82, 2.24) is 15.1 Å². The number of carbonyl (C=O) groups excluding carboxylic acids is 1. The minimum absolute atomic E-state index is 0.0483. The summed E-state index contributed by atoms with van der Waals surface area (Å²) in [6, 6.07) is 12.7. The summed E-state index contributed by atoms with van der Waals surface area (Å²) in [7, 11) is 0. The van der Waals surface area contributed by atoms with Gasteiger partial charge in [-0.05, 0) is 30.2 Å². The van der Waals surface area contributed by atoms with Crippen molar-refractivity contribution in [2.45, 2.75) is 26.6 Å². The number of nitrogens with zero attached hydrogens (tertiary/aromatic N) is 2. The van der Waals surface area contributed by atoms with Crippen LogP contribution in [0.25, 0.3) is 10.8 Å². The Morgan fingerprint density at radius 1 is 1.12 bits per heavy atom. The van der Waals surface area contributed by atoms with Crippen LogP contribution in [0.3, 0.4) is 0 Å². The molecule has 1 aromatic heterocycles. The van der Waals surface area contributed by atoms with Crippen LogP contribution in [-0.4, -0.2) is 15.8 Å². The number of carbonyl (C=O) groups is 1. The van der Waals surface area contributed by atoms with Gasteiger partial charge in [0.25, 0.3) is 0 Å². The number of amides is 1. The highest BCUT2D eigenvalue weighted by Crippen LogP contribution is 2.31. The van der Waals surface area contributed by atoms with Crippen molar-refractivity contribution in [1.29, 1.82) is 0 Å². The van der Waals surface area contributed by atoms with E-state index in [9.17, 15) is 18.0 Å². The second-order valence-corrected chi connectivity index (χ2v) is 5.77. The number of rotatable bonds is 2. The Balaban J connectivity index is 1.84. The molecule has 0 bridgehead atoms. The molecule has 130 valence electrons. The molecule has 4 nitrogen and oxygen atoms in total. The molecule has 25 heavy (non-hydrogen) atoms. The number of nitrogens with one attached hydrogen (secondary N) is 1. The van der Waals surface area contributed by atoms with Crippen molar-refractivity contribution in [3.05, 3.63) is 65.0 Å². The fourth-order valence-corrected chi connectivity index (χ4v) is 2.74. The summed E-state index contributed by atoms with van der Waals surface area (Å²) in [5, 5.41) is 8.08. The predicted molar refractivity (Wildman–Crippen MR) is 88.3 cm³/mol. The SMILES string of the molecule is Cc1c(C(F)(F)F)nn(C(=O)NCc2cccc3ccccc23)c1C. The highest BCUT2D eigenvalue weighted by Gasteiger charge is 2.37. The van der Waals surface area contributed by atoms with Crippen molar-refractivity contribution in [3.8, 4) is 0 Å². The summed E-state index contributed by atoms with van der Waals surface area (Å²) in [6.45, 7) is 2.94. The van der Waals surface area contributed by atoms with Gasteiger partial charge in [0.15, 0.2) is 5.69 Å². The molecule has 0 saturated carbocycles. The number of fused-ring (bicyclic) bond motifs is 1. The molecular weight excluding hydrogens is 331 g/mol. The third-order valence-corrected chi connectivity index (χ3v) is 4.19. The standard InChI is InChI=1S/C18H16F3N3O/c1-11-12(2)24(23-16(11)18(19,20)21)17(25)22-10-14-8-5-7-13-6-3-4-9-15(13)14/h3-9H,10H2,1-2H3,(H,22,25). The lowest BCUT2D eigenvalue weighted by molar-refractivity contribution is -0.141. The van der Waals surface area contributed by atoms with Gasteiger partial charge in [0.1, 0.15) is 0 Å². The summed E-state index contributed by atoms with van der Waals surface area (Å²) in [5.74, 6) is 0. The van der Waals surface area contributed by atoms with Gasteiger partial charge in [-0.1, -0.05) is 42.5 Å². The Morgan fingerprint density at radius 3 is 2.48 bits per heavy atom. The largest absolute Gasteiger partial charge is 0.435 e. The molecule has 0 spiro atoms. The van der Waals surface area contributed by atoms with Crippen molar-refractivity contribution >= 4 is 16.8 Å². The molecule has 0 saturated heterocycles. The number of benzene rings is 2. The molecule has 3 aromatic rings. The van der Waals surface area contributed by atoms with Gasteiger partial charge in [0.2, 0.25) is 0 Å². The lowest BCUT2D eigenvalue weighted by Gasteiger charge is -2.09. The van der Waals surface area contributed by atoms with Crippen LogP contribution in [0.4, 0.5) is 18.0 Å². The van der Waals surface area contributed by atoms with E-state index in [1.165, 1.54) is 13.8 Å². The van der Waals surface area contributed by atoms with Crippen LogP contribution in [-0.2, 0) is 12.7 Å². The fourth-order valence-electron chi connectivity index (χ4n) is 2.74. The third-order valence-electron chi connectivity index (χ3n) is 4.19. The van der Waals surface area contributed by atoms with Gasteiger partial charge >= 0.3 is 12.2 Å². The van der Waals surface area contributed by atoms with E-state index in [-0.39, 0.29) is 17.8 Å². The summed E-state index contributed by atoms with van der Waals surface area (Å²) in [5.41, 5.74) is -0.0371. The number of aromatic nitrogens is 2. The van der Waals surface area contributed by atoms with Gasteiger partial charge in [0.05, 0.1) is 0 Å². The Hall–Kier alpha value is -2.83. The number of hydrogen-bond acceptors (Lipinski definition) is 2. The average molecular weight is 347 g/mol. The molecule has 0 atom stereocenters. The van der Waals surface area contributed by atoms with Crippen molar-refractivity contribution in [2.24, 2.45) is 0 Å². The van der Waals surface area contributed by atoms with E-state index in [1.54, 1.807) is 0 Å². The maximum absolute atomic E-state index is 12.9. The first-order chi connectivity index (χ1) is 11.8. The van der Waals surface area contributed by atoms with Crippen molar-refractivity contribution in [2.75, 3.05) is 0 Å². The third kappa shape index (κ3) is 3.22. The van der Waals surface area contributed by atoms with Crippen LogP contribution in [0, 0.1) is 13.8 Å². The maximum atomic E-state index is 12.9. The maximum Gasteiger partial charge on any atom is 0.435 e. The fraction of sp³-hybridized carbons (Fsp3) is 0.222. The smallest absolute Gasteiger partial charge is 0.332 e. The molecule has 0 aliphatic heterocycles. The number of alkyl halides is 3. The van der Waals surface area contributed by atoms with Crippen LogP contribution >= 0.6 is 0 Å². The zero-order chi connectivity index (χ0) is 18.2. The molecule has 0 aliphatic carbocycles. The van der Waals surface area contributed by atoms with Crippen LogP contribution in [0.5, 0.6) is 0 Å². The predicted octanol–water partition coefficient (Wildman–Crippen LogP) is 4.43. The number of halogens is 3. The zero-order valence-corrected chi connectivity index (χ0v) is 13.7. The van der Waals surface area contributed by atoms with Crippen LogP contribution in [0.2, 0.25) is 0 Å². The zero-order valence-electron chi connectivity index (χ0n) is 13.7. The van der Waals surface area contributed by atoms with E-state index < -0.39 is 17.9 Å². The van der Waals surface area contributed by atoms with Gasteiger partial charge in [-0.2, -0.15) is 23.0 Å². The number of hydrogen-bond donors (Lipinski definition) is 1. The van der Waals surface area contributed by atoms with Crippen LogP contribution < -0.4 is 5.32 Å². The molecule has 3 rings (SSSR count). The Bertz CT molecular complexity index is 939. The lowest BCUT2D eigenvalue weighted by atomic mass is 10.0. The molecule has 0 fully saturated rings. The minimum Gasteiger partial charge on any atom is -0.332 e. The first-order valence-electron chi connectivity index (χ1n) is 7.67. The van der Waals surface area contributed by atoms with Gasteiger partial charge in [-0.3, -0.25) is 0 Å². The van der Waals surface area contributed by atoms with Gasteiger partial charge in [0, 0.05) is 17.8 Å².